The minimum Gasteiger partial charge on any atom is -0.202 e. The molecule has 5 heteroatoms. The van der Waals surface area contributed by atoms with E-state index in [1.165, 1.54) is 30.4 Å². The number of rotatable bonds is 4. The van der Waals surface area contributed by atoms with E-state index in [4.69, 9.17) is 0 Å². The Labute approximate surface area is 134 Å². The average Bonchev–Trinajstić information content (AvgIpc) is 2.54. The molecule has 1 atom stereocenters. The third kappa shape index (κ3) is 3.07. The Morgan fingerprint density at radius 2 is 1.91 bits per heavy atom. The highest BCUT2D eigenvalue weighted by atomic mass is 32.2. The van der Waals surface area contributed by atoms with Crippen LogP contribution in [0.4, 0.5) is 0 Å². The van der Waals surface area contributed by atoms with Gasteiger partial charge in [-0.3, -0.25) is 0 Å². The van der Waals surface area contributed by atoms with Gasteiger partial charge >= 0.3 is 0 Å². The lowest BCUT2D eigenvalue weighted by molar-refractivity contribution is 0.182. The van der Waals surface area contributed by atoms with Crippen LogP contribution in [0.15, 0.2) is 24.3 Å². The van der Waals surface area contributed by atoms with Crippen molar-refractivity contribution in [3.05, 3.63) is 35.4 Å². The van der Waals surface area contributed by atoms with Crippen LogP contribution in [0.2, 0.25) is 0 Å². The summed E-state index contributed by atoms with van der Waals surface area (Å²) in [6.45, 7) is 2.87. The number of hydrogen-bond acceptors (Lipinski definition) is 2. The molecule has 1 fully saturated rings. The molecule has 1 aromatic carbocycles. The van der Waals surface area contributed by atoms with Gasteiger partial charge in [-0.15, -0.1) is 0 Å². The van der Waals surface area contributed by atoms with Gasteiger partial charge in [0.25, 0.3) is 10.2 Å². The van der Waals surface area contributed by atoms with Crippen molar-refractivity contribution in [2.24, 2.45) is 5.92 Å². The molecule has 3 rings (SSSR count). The third-order valence-electron chi connectivity index (χ3n) is 5.02. The fourth-order valence-corrected chi connectivity index (χ4v) is 5.50. The van der Waals surface area contributed by atoms with Crippen molar-refractivity contribution in [3.8, 4) is 0 Å². The molecule has 1 N–H and O–H groups in total. The first kappa shape index (κ1) is 16.0. The zero-order valence-electron chi connectivity index (χ0n) is 13.3. The number of nitrogens with one attached hydrogen (secondary N) is 1. The Morgan fingerprint density at radius 3 is 2.64 bits per heavy atom. The largest absolute Gasteiger partial charge is 0.280 e. The van der Waals surface area contributed by atoms with E-state index in [-0.39, 0.29) is 6.04 Å². The summed E-state index contributed by atoms with van der Waals surface area (Å²) in [7, 11) is -3.39. The molecule has 1 unspecified atom stereocenters. The molecule has 22 heavy (non-hydrogen) atoms. The maximum Gasteiger partial charge on any atom is 0.280 e. The first-order valence-corrected chi connectivity index (χ1v) is 9.91. The zero-order valence-corrected chi connectivity index (χ0v) is 14.1. The van der Waals surface area contributed by atoms with E-state index >= 15 is 0 Å². The molecule has 0 aromatic heterocycles. The van der Waals surface area contributed by atoms with Gasteiger partial charge in [0.15, 0.2) is 0 Å². The van der Waals surface area contributed by atoms with Crippen LogP contribution in [-0.4, -0.2) is 25.8 Å². The number of fused-ring (bicyclic) bond motifs is 1. The molecule has 1 aliphatic carbocycles. The fraction of sp³-hybridized carbons (Fsp3) is 0.647. The minimum atomic E-state index is -3.39. The van der Waals surface area contributed by atoms with Gasteiger partial charge in [-0.25, -0.2) is 4.72 Å². The molecular formula is C17H26N2O2S. The molecule has 4 nitrogen and oxygen atoms in total. The summed E-state index contributed by atoms with van der Waals surface area (Å²) in [4.78, 5) is 0. The lowest BCUT2D eigenvalue weighted by Crippen LogP contribution is -2.48. The summed E-state index contributed by atoms with van der Waals surface area (Å²) in [6.07, 6.45) is 6.81. The van der Waals surface area contributed by atoms with E-state index in [1.54, 1.807) is 4.31 Å². The number of nitrogens with zero attached hydrogens (tertiary/aromatic N) is 1. The highest BCUT2D eigenvalue weighted by molar-refractivity contribution is 7.87. The Bertz CT molecular complexity index is 609. The van der Waals surface area contributed by atoms with E-state index in [2.05, 4.69) is 22.9 Å². The van der Waals surface area contributed by atoms with Crippen LogP contribution in [0.1, 0.15) is 56.2 Å². The predicted octanol–water partition coefficient (Wildman–Crippen LogP) is 3.02. The van der Waals surface area contributed by atoms with Crippen molar-refractivity contribution in [1.29, 1.82) is 0 Å². The van der Waals surface area contributed by atoms with E-state index in [0.29, 0.717) is 19.0 Å². The van der Waals surface area contributed by atoms with Crippen LogP contribution >= 0.6 is 0 Å². The third-order valence-corrected chi connectivity index (χ3v) is 6.70. The van der Waals surface area contributed by atoms with Crippen molar-refractivity contribution in [3.63, 3.8) is 0 Å². The second kappa shape index (κ2) is 6.69. The molecule has 0 spiro atoms. The van der Waals surface area contributed by atoms with Crippen LogP contribution < -0.4 is 4.72 Å². The molecule has 2 aliphatic rings. The molecule has 1 aromatic rings. The fourth-order valence-electron chi connectivity index (χ4n) is 4.05. The molecule has 0 saturated heterocycles. The summed E-state index contributed by atoms with van der Waals surface area (Å²) in [5.74, 6) is 0.448. The summed E-state index contributed by atoms with van der Waals surface area (Å²) < 4.78 is 29.7. The molecule has 1 aliphatic heterocycles. The lowest BCUT2D eigenvalue weighted by atomic mass is 9.78. The van der Waals surface area contributed by atoms with E-state index in [1.807, 2.05) is 13.0 Å². The topological polar surface area (TPSA) is 49.4 Å². The van der Waals surface area contributed by atoms with E-state index in [0.717, 1.165) is 19.3 Å². The van der Waals surface area contributed by atoms with Gasteiger partial charge in [0.05, 0.1) is 6.04 Å². The van der Waals surface area contributed by atoms with Gasteiger partial charge in [0, 0.05) is 13.1 Å². The summed E-state index contributed by atoms with van der Waals surface area (Å²) >= 11 is 0. The molecule has 0 amide bonds. The minimum absolute atomic E-state index is 0.00861. The van der Waals surface area contributed by atoms with Crippen molar-refractivity contribution in [1.82, 2.24) is 9.03 Å². The highest BCUT2D eigenvalue weighted by Crippen LogP contribution is 2.42. The van der Waals surface area contributed by atoms with Gasteiger partial charge in [-0.05, 0) is 36.3 Å². The first-order valence-electron chi connectivity index (χ1n) is 8.47. The van der Waals surface area contributed by atoms with Crippen LogP contribution in [0.25, 0.3) is 0 Å². The zero-order chi connectivity index (χ0) is 15.6. The van der Waals surface area contributed by atoms with Gasteiger partial charge in [0.2, 0.25) is 0 Å². The SMILES string of the molecule is CCNS(=O)(=O)N1CCc2ccccc2C1C1CCCCC1. The maximum absolute atomic E-state index is 12.7. The monoisotopic (exact) mass is 322 g/mol. The lowest BCUT2D eigenvalue weighted by Gasteiger charge is -2.42. The highest BCUT2D eigenvalue weighted by Gasteiger charge is 2.39. The van der Waals surface area contributed by atoms with Crippen molar-refractivity contribution in [2.45, 2.75) is 51.5 Å². The Balaban J connectivity index is 1.99. The van der Waals surface area contributed by atoms with Crippen LogP contribution in [0.5, 0.6) is 0 Å². The molecule has 0 radical (unpaired) electrons. The van der Waals surface area contributed by atoms with Gasteiger partial charge in [-0.1, -0.05) is 50.5 Å². The van der Waals surface area contributed by atoms with Gasteiger partial charge in [0.1, 0.15) is 0 Å². The predicted molar refractivity (Wildman–Crippen MR) is 88.8 cm³/mol. The van der Waals surface area contributed by atoms with Crippen molar-refractivity contribution in [2.75, 3.05) is 13.1 Å². The smallest absolute Gasteiger partial charge is 0.202 e. The van der Waals surface area contributed by atoms with Crippen LogP contribution in [0, 0.1) is 5.92 Å². The van der Waals surface area contributed by atoms with Crippen molar-refractivity contribution >= 4 is 10.2 Å². The Hall–Kier alpha value is -0.910. The van der Waals surface area contributed by atoms with Crippen molar-refractivity contribution < 1.29 is 8.42 Å². The number of hydrogen-bond donors (Lipinski definition) is 1. The van der Waals surface area contributed by atoms with E-state index in [9.17, 15) is 8.42 Å². The van der Waals surface area contributed by atoms with Crippen LogP contribution in [0.3, 0.4) is 0 Å². The van der Waals surface area contributed by atoms with Crippen LogP contribution in [-0.2, 0) is 16.6 Å². The number of benzene rings is 1. The average molecular weight is 322 g/mol. The second-order valence-corrected chi connectivity index (χ2v) is 8.11. The van der Waals surface area contributed by atoms with Gasteiger partial charge in [-0.2, -0.15) is 12.7 Å². The molecular weight excluding hydrogens is 296 g/mol. The molecule has 1 saturated carbocycles. The molecule has 1 heterocycles. The summed E-state index contributed by atoms with van der Waals surface area (Å²) in [5.41, 5.74) is 2.54. The maximum atomic E-state index is 12.7. The molecule has 122 valence electrons. The Morgan fingerprint density at radius 1 is 1.18 bits per heavy atom. The quantitative estimate of drug-likeness (QED) is 0.926. The molecule has 0 bridgehead atoms. The normalized spacial score (nSPS) is 24.1. The first-order chi connectivity index (χ1) is 10.6. The van der Waals surface area contributed by atoms with Gasteiger partial charge < -0.3 is 0 Å². The summed E-state index contributed by atoms with van der Waals surface area (Å²) in [6, 6.07) is 8.39. The Kier molecular flexibility index (Phi) is 4.85. The van der Waals surface area contributed by atoms with E-state index < -0.39 is 10.2 Å². The second-order valence-electron chi connectivity index (χ2n) is 6.41. The summed E-state index contributed by atoms with van der Waals surface area (Å²) in [5, 5.41) is 0. The standard InChI is InChI=1S/C17H26N2O2S/c1-2-18-22(20,21)19-13-12-14-8-6-7-11-16(14)17(19)15-9-4-3-5-10-15/h6-8,11,15,17-18H,2-5,9-10,12-13H2,1H3.